The van der Waals surface area contributed by atoms with Gasteiger partial charge in [0.25, 0.3) is 5.91 Å². The molecule has 5 heteroatoms. The van der Waals surface area contributed by atoms with Crippen molar-refractivity contribution in [3.05, 3.63) is 23.8 Å². The van der Waals surface area contributed by atoms with E-state index in [2.05, 4.69) is 5.32 Å². The minimum atomic E-state index is -0.377. The molecule has 0 saturated carbocycles. The van der Waals surface area contributed by atoms with Gasteiger partial charge in [-0.25, -0.2) is 0 Å². The van der Waals surface area contributed by atoms with Crippen molar-refractivity contribution in [1.82, 2.24) is 5.32 Å². The third kappa shape index (κ3) is 3.43. The van der Waals surface area contributed by atoms with E-state index in [4.69, 9.17) is 10.8 Å². The maximum atomic E-state index is 11.6. The van der Waals surface area contributed by atoms with Crippen molar-refractivity contribution < 1.29 is 15.0 Å². The van der Waals surface area contributed by atoms with Crippen LogP contribution in [0.25, 0.3) is 0 Å². The van der Waals surface area contributed by atoms with Crippen LogP contribution in [-0.2, 0) is 0 Å². The third-order valence-corrected chi connectivity index (χ3v) is 2.11. The van der Waals surface area contributed by atoms with Crippen molar-refractivity contribution in [3.8, 4) is 11.5 Å². The van der Waals surface area contributed by atoms with Gasteiger partial charge in [-0.2, -0.15) is 0 Å². The van der Waals surface area contributed by atoms with Gasteiger partial charge >= 0.3 is 0 Å². The summed E-state index contributed by atoms with van der Waals surface area (Å²) in [6.07, 6.45) is 0.671. The fourth-order valence-corrected chi connectivity index (χ4v) is 1.22. The first-order valence-corrected chi connectivity index (χ1v) is 5.06. The highest BCUT2D eigenvalue weighted by molar-refractivity contribution is 5.96. The Morgan fingerprint density at radius 3 is 2.75 bits per heavy atom. The van der Waals surface area contributed by atoms with E-state index in [9.17, 15) is 9.90 Å². The van der Waals surface area contributed by atoms with Crippen LogP contribution in [0.1, 0.15) is 23.7 Å². The van der Waals surface area contributed by atoms with E-state index in [1.165, 1.54) is 12.1 Å². The maximum Gasteiger partial charge on any atom is 0.255 e. The molecule has 0 aliphatic heterocycles. The maximum absolute atomic E-state index is 11.6. The summed E-state index contributed by atoms with van der Waals surface area (Å²) in [4.78, 5) is 11.6. The molecule has 0 fully saturated rings. The molecule has 0 aliphatic carbocycles. The summed E-state index contributed by atoms with van der Waals surface area (Å²) in [5, 5.41) is 21.1. The van der Waals surface area contributed by atoms with Crippen LogP contribution >= 0.6 is 0 Å². The number of amides is 1. The molecule has 1 aromatic carbocycles. The van der Waals surface area contributed by atoms with Crippen molar-refractivity contribution >= 4 is 5.91 Å². The Labute approximate surface area is 93.9 Å². The normalized spacial score (nSPS) is 12.1. The number of nitrogens with two attached hydrogens (primary N) is 1. The Kier molecular flexibility index (Phi) is 4.13. The highest BCUT2D eigenvalue weighted by Gasteiger charge is 2.10. The zero-order valence-electron chi connectivity index (χ0n) is 9.10. The predicted molar refractivity (Wildman–Crippen MR) is 60.4 cm³/mol. The first-order valence-electron chi connectivity index (χ1n) is 5.06. The van der Waals surface area contributed by atoms with Crippen molar-refractivity contribution in [3.63, 3.8) is 0 Å². The van der Waals surface area contributed by atoms with E-state index >= 15 is 0 Å². The summed E-state index contributed by atoms with van der Waals surface area (Å²) in [7, 11) is 0. The minimum absolute atomic E-state index is 0.0220. The molecule has 0 bridgehead atoms. The van der Waals surface area contributed by atoms with E-state index in [1.807, 2.05) is 6.92 Å². The summed E-state index contributed by atoms with van der Waals surface area (Å²) in [5.74, 6) is -0.693. The molecule has 88 valence electrons. The molecule has 0 aliphatic rings. The van der Waals surface area contributed by atoms with Crippen molar-refractivity contribution in [2.24, 2.45) is 5.73 Å². The summed E-state index contributed by atoms with van der Waals surface area (Å²) in [5.41, 5.74) is 5.67. The molecule has 1 amide bonds. The van der Waals surface area contributed by atoms with Gasteiger partial charge in [0.2, 0.25) is 0 Å². The lowest BCUT2D eigenvalue weighted by atomic mass is 10.1. The second kappa shape index (κ2) is 5.37. The molecule has 0 aromatic heterocycles. The van der Waals surface area contributed by atoms with Crippen molar-refractivity contribution in [2.45, 2.75) is 19.4 Å². The van der Waals surface area contributed by atoms with Crippen LogP contribution < -0.4 is 11.1 Å². The molecule has 16 heavy (non-hydrogen) atoms. The average molecular weight is 224 g/mol. The van der Waals surface area contributed by atoms with Gasteiger partial charge in [0, 0.05) is 18.7 Å². The monoisotopic (exact) mass is 224 g/mol. The zero-order chi connectivity index (χ0) is 12.1. The van der Waals surface area contributed by atoms with Crippen LogP contribution in [0.5, 0.6) is 11.5 Å². The number of hydrogen-bond acceptors (Lipinski definition) is 4. The van der Waals surface area contributed by atoms with Crippen LogP contribution in [0.2, 0.25) is 0 Å². The fourth-order valence-electron chi connectivity index (χ4n) is 1.22. The van der Waals surface area contributed by atoms with Crippen LogP contribution in [0.3, 0.4) is 0 Å². The highest BCUT2D eigenvalue weighted by Crippen LogP contribution is 2.22. The zero-order valence-corrected chi connectivity index (χ0v) is 9.10. The number of phenolic OH excluding ortho intramolecular Hbond substituents is 2. The van der Waals surface area contributed by atoms with Gasteiger partial charge in [-0.15, -0.1) is 0 Å². The Balaban J connectivity index is 2.59. The van der Waals surface area contributed by atoms with Gasteiger partial charge in [0.05, 0.1) is 5.56 Å². The van der Waals surface area contributed by atoms with E-state index in [1.54, 1.807) is 0 Å². The lowest BCUT2D eigenvalue weighted by Crippen LogP contribution is -2.28. The molecule has 1 rings (SSSR count). The number of phenols is 2. The van der Waals surface area contributed by atoms with Gasteiger partial charge in [-0.05, 0) is 25.5 Å². The number of carbonyl (C=O) groups is 1. The molecule has 0 saturated heterocycles. The quantitative estimate of drug-likeness (QED) is 0.601. The molecular weight excluding hydrogens is 208 g/mol. The Hall–Kier alpha value is -1.75. The topological polar surface area (TPSA) is 95.6 Å². The largest absolute Gasteiger partial charge is 0.508 e. The van der Waals surface area contributed by atoms with Crippen LogP contribution in [0.15, 0.2) is 18.2 Å². The van der Waals surface area contributed by atoms with Gasteiger partial charge in [0.1, 0.15) is 11.5 Å². The first-order chi connectivity index (χ1) is 7.50. The summed E-state index contributed by atoms with van der Waals surface area (Å²) in [6.45, 7) is 2.31. The molecule has 1 unspecified atom stereocenters. The lowest BCUT2D eigenvalue weighted by Gasteiger charge is -2.08. The van der Waals surface area contributed by atoms with Crippen molar-refractivity contribution in [1.29, 1.82) is 0 Å². The Morgan fingerprint density at radius 2 is 2.19 bits per heavy atom. The van der Waals surface area contributed by atoms with Crippen LogP contribution in [0.4, 0.5) is 0 Å². The lowest BCUT2D eigenvalue weighted by molar-refractivity contribution is 0.0950. The fraction of sp³-hybridized carbons (Fsp3) is 0.364. The molecule has 0 radical (unpaired) electrons. The minimum Gasteiger partial charge on any atom is -0.508 e. The molecule has 1 aromatic rings. The second-order valence-electron chi connectivity index (χ2n) is 3.72. The average Bonchev–Trinajstić information content (AvgIpc) is 2.16. The number of aromatic hydroxyl groups is 2. The molecule has 1 atom stereocenters. The smallest absolute Gasteiger partial charge is 0.255 e. The van der Waals surface area contributed by atoms with E-state index in [-0.39, 0.29) is 29.0 Å². The van der Waals surface area contributed by atoms with Crippen LogP contribution in [-0.4, -0.2) is 28.7 Å². The Morgan fingerprint density at radius 1 is 1.50 bits per heavy atom. The summed E-state index contributed by atoms with van der Waals surface area (Å²) < 4.78 is 0. The van der Waals surface area contributed by atoms with Gasteiger partial charge in [0.15, 0.2) is 0 Å². The summed E-state index contributed by atoms with van der Waals surface area (Å²) >= 11 is 0. The van der Waals surface area contributed by atoms with Gasteiger partial charge < -0.3 is 21.3 Å². The highest BCUT2D eigenvalue weighted by atomic mass is 16.3. The molecule has 5 nitrogen and oxygen atoms in total. The van der Waals surface area contributed by atoms with Crippen molar-refractivity contribution in [2.75, 3.05) is 6.54 Å². The number of nitrogens with one attached hydrogen (secondary N) is 1. The second-order valence-corrected chi connectivity index (χ2v) is 3.72. The van der Waals surface area contributed by atoms with Gasteiger partial charge in [-0.1, -0.05) is 0 Å². The number of rotatable bonds is 4. The van der Waals surface area contributed by atoms with Gasteiger partial charge in [-0.3, -0.25) is 4.79 Å². The molecular formula is C11H16N2O3. The molecule has 0 spiro atoms. The number of carbonyl (C=O) groups excluding carboxylic acids is 1. The van der Waals surface area contributed by atoms with E-state index < -0.39 is 0 Å². The van der Waals surface area contributed by atoms with Crippen LogP contribution in [0, 0.1) is 0 Å². The number of hydrogen-bond donors (Lipinski definition) is 4. The Bertz CT molecular complexity index is 377. The third-order valence-electron chi connectivity index (χ3n) is 2.11. The van der Waals surface area contributed by atoms with E-state index in [0.29, 0.717) is 13.0 Å². The first kappa shape index (κ1) is 12.3. The molecule has 5 N–H and O–H groups in total. The predicted octanol–water partition coefficient (Wildman–Crippen LogP) is 0.565. The molecule has 0 heterocycles. The SMILES string of the molecule is CC(N)CCNC(=O)c1ccc(O)cc1O. The number of benzene rings is 1. The van der Waals surface area contributed by atoms with E-state index in [0.717, 1.165) is 6.07 Å². The summed E-state index contributed by atoms with van der Waals surface area (Å²) in [6, 6.07) is 3.86. The standard InChI is InChI=1S/C11H16N2O3/c1-7(12)4-5-13-11(16)9-3-2-8(14)6-10(9)15/h2-3,6-7,14-15H,4-5,12H2,1H3,(H,13,16).